The Morgan fingerprint density at radius 3 is 2.47 bits per heavy atom. The van der Waals surface area contributed by atoms with Crippen LogP contribution in [0.5, 0.6) is 5.75 Å². The molecule has 98 valence electrons. The molecular weight excluding hydrogens is 304 g/mol. The largest absolute Gasteiger partial charge is 0.496 e. The first-order valence-corrected chi connectivity index (χ1v) is 6.77. The van der Waals surface area contributed by atoms with E-state index in [0.717, 1.165) is 26.9 Å². The van der Waals surface area contributed by atoms with Crippen LogP contribution < -0.4 is 4.74 Å². The number of carbonyl (C=O) groups is 1. The summed E-state index contributed by atoms with van der Waals surface area (Å²) in [5.41, 5.74) is 3.47. The van der Waals surface area contributed by atoms with Gasteiger partial charge in [-0.3, -0.25) is 4.79 Å². The predicted molar refractivity (Wildman–Crippen MR) is 80.0 cm³/mol. The third kappa shape index (κ3) is 2.87. The van der Waals surface area contributed by atoms with Crippen molar-refractivity contribution in [2.45, 2.75) is 13.8 Å². The Labute approximate surface area is 121 Å². The molecule has 19 heavy (non-hydrogen) atoms. The third-order valence-corrected chi connectivity index (χ3v) is 3.67. The van der Waals surface area contributed by atoms with Crippen molar-refractivity contribution in [1.82, 2.24) is 0 Å². The number of hydrogen-bond acceptors (Lipinski definition) is 2. The zero-order valence-corrected chi connectivity index (χ0v) is 12.7. The van der Waals surface area contributed by atoms with Crippen LogP contribution in [0.25, 0.3) is 0 Å². The van der Waals surface area contributed by atoms with Gasteiger partial charge in [0, 0.05) is 11.1 Å². The van der Waals surface area contributed by atoms with Gasteiger partial charge in [-0.2, -0.15) is 0 Å². The lowest BCUT2D eigenvalue weighted by molar-refractivity contribution is 0.103. The van der Waals surface area contributed by atoms with E-state index in [1.165, 1.54) is 0 Å². The van der Waals surface area contributed by atoms with Crippen LogP contribution in [-0.2, 0) is 0 Å². The average Bonchev–Trinajstić information content (AvgIpc) is 2.40. The molecule has 0 amide bonds. The molecule has 0 saturated carbocycles. The summed E-state index contributed by atoms with van der Waals surface area (Å²) in [4.78, 5) is 12.5. The fraction of sp³-hybridized carbons (Fsp3) is 0.188. The molecule has 0 aliphatic rings. The van der Waals surface area contributed by atoms with E-state index >= 15 is 0 Å². The van der Waals surface area contributed by atoms with Crippen LogP contribution in [0.1, 0.15) is 27.0 Å². The highest BCUT2D eigenvalue weighted by Crippen LogP contribution is 2.27. The van der Waals surface area contributed by atoms with Crippen LogP contribution in [0.2, 0.25) is 0 Å². The monoisotopic (exact) mass is 318 g/mol. The standard InChI is InChI=1S/C16H15BrO2/c1-10-4-5-11(2)13(8-10)16(18)12-6-7-15(19-3)14(17)9-12/h4-9H,1-3H3. The average molecular weight is 319 g/mol. The van der Waals surface area contributed by atoms with Gasteiger partial charge in [0.1, 0.15) is 5.75 Å². The SMILES string of the molecule is COc1ccc(C(=O)c2cc(C)ccc2C)cc1Br. The molecule has 0 spiro atoms. The smallest absolute Gasteiger partial charge is 0.193 e. The number of aryl methyl sites for hydroxylation is 2. The van der Waals surface area contributed by atoms with Crippen molar-refractivity contribution in [3.05, 3.63) is 63.1 Å². The van der Waals surface area contributed by atoms with Crippen LogP contribution in [0, 0.1) is 13.8 Å². The number of ketones is 1. The summed E-state index contributed by atoms with van der Waals surface area (Å²) in [6.07, 6.45) is 0. The molecule has 0 fully saturated rings. The van der Waals surface area contributed by atoms with Gasteiger partial charge in [0.15, 0.2) is 5.78 Å². The molecule has 3 heteroatoms. The number of hydrogen-bond donors (Lipinski definition) is 0. The van der Waals surface area contributed by atoms with E-state index in [4.69, 9.17) is 4.74 Å². The summed E-state index contributed by atoms with van der Waals surface area (Å²) in [5.74, 6) is 0.752. The summed E-state index contributed by atoms with van der Waals surface area (Å²) in [6.45, 7) is 3.94. The molecular formula is C16H15BrO2. The Kier molecular flexibility index (Phi) is 4.05. The van der Waals surface area contributed by atoms with Gasteiger partial charge in [-0.05, 0) is 59.6 Å². The van der Waals surface area contributed by atoms with Gasteiger partial charge in [0.2, 0.25) is 0 Å². The Bertz CT molecular complexity index is 633. The van der Waals surface area contributed by atoms with E-state index in [0.29, 0.717) is 5.56 Å². The van der Waals surface area contributed by atoms with Crippen molar-refractivity contribution >= 4 is 21.7 Å². The number of methoxy groups -OCH3 is 1. The predicted octanol–water partition coefficient (Wildman–Crippen LogP) is 4.31. The first-order valence-electron chi connectivity index (χ1n) is 5.98. The minimum Gasteiger partial charge on any atom is -0.496 e. The van der Waals surface area contributed by atoms with Crippen LogP contribution in [0.4, 0.5) is 0 Å². The van der Waals surface area contributed by atoms with Crippen molar-refractivity contribution in [2.75, 3.05) is 7.11 Å². The van der Waals surface area contributed by atoms with Gasteiger partial charge in [0.25, 0.3) is 0 Å². The van der Waals surface area contributed by atoms with Crippen LogP contribution in [-0.4, -0.2) is 12.9 Å². The maximum Gasteiger partial charge on any atom is 0.193 e. The second-order valence-corrected chi connectivity index (χ2v) is 5.35. The quantitative estimate of drug-likeness (QED) is 0.788. The molecule has 0 aromatic heterocycles. The lowest BCUT2D eigenvalue weighted by atomic mass is 9.97. The molecule has 0 aliphatic heterocycles. The third-order valence-electron chi connectivity index (χ3n) is 3.05. The van der Waals surface area contributed by atoms with Gasteiger partial charge in [0.05, 0.1) is 11.6 Å². The first-order chi connectivity index (χ1) is 9.02. The molecule has 0 bridgehead atoms. The highest BCUT2D eigenvalue weighted by molar-refractivity contribution is 9.10. The van der Waals surface area contributed by atoms with E-state index in [9.17, 15) is 4.79 Å². The second kappa shape index (κ2) is 5.57. The van der Waals surface area contributed by atoms with Gasteiger partial charge >= 0.3 is 0 Å². The summed E-state index contributed by atoms with van der Waals surface area (Å²) < 4.78 is 5.95. The molecule has 2 rings (SSSR count). The lowest BCUT2D eigenvalue weighted by Crippen LogP contribution is -2.04. The fourth-order valence-electron chi connectivity index (χ4n) is 1.94. The Morgan fingerprint density at radius 1 is 1.11 bits per heavy atom. The zero-order valence-electron chi connectivity index (χ0n) is 11.2. The summed E-state index contributed by atoms with van der Waals surface area (Å²) in [5, 5.41) is 0. The Hall–Kier alpha value is -1.61. The Morgan fingerprint density at radius 2 is 1.84 bits per heavy atom. The molecule has 0 N–H and O–H groups in total. The fourth-order valence-corrected chi connectivity index (χ4v) is 2.48. The molecule has 0 atom stereocenters. The zero-order chi connectivity index (χ0) is 14.0. The first kappa shape index (κ1) is 13.8. The van der Waals surface area contributed by atoms with Crippen molar-refractivity contribution < 1.29 is 9.53 Å². The maximum absolute atomic E-state index is 12.5. The normalized spacial score (nSPS) is 10.3. The number of carbonyl (C=O) groups excluding carboxylic acids is 1. The van der Waals surface area contributed by atoms with E-state index in [2.05, 4.69) is 15.9 Å². The van der Waals surface area contributed by atoms with E-state index in [-0.39, 0.29) is 5.78 Å². The number of rotatable bonds is 3. The molecule has 0 radical (unpaired) electrons. The molecule has 2 nitrogen and oxygen atoms in total. The molecule has 2 aromatic rings. The molecule has 0 saturated heterocycles. The topological polar surface area (TPSA) is 26.3 Å². The number of ether oxygens (including phenoxy) is 1. The van der Waals surface area contributed by atoms with Crippen LogP contribution >= 0.6 is 15.9 Å². The molecule has 0 unspecified atom stereocenters. The highest BCUT2D eigenvalue weighted by Gasteiger charge is 2.13. The molecule has 0 heterocycles. The lowest BCUT2D eigenvalue weighted by Gasteiger charge is -2.08. The summed E-state index contributed by atoms with van der Waals surface area (Å²) in [7, 11) is 1.60. The Balaban J connectivity index is 2.44. The van der Waals surface area contributed by atoms with E-state index < -0.39 is 0 Å². The van der Waals surface area contributed by atoms with Crippen LogP contribution in [0.3, 0.4) is 0 Å². The van der Waals surface area contributed by atoms with E-state index in [1.807, 2.05) is 32.0 Å². The maximum atomic E-state index is 12.5. The van der Waals surface area contributed by atoms with Gasteiger partial charge in [-0.15, -0.1) is 0 Å². The number of benzene rings is 2. The summed E-state index contributed by atoms with van der Waals surface area (Å²) >= 11 is 3.40. The van der Waals surface area contributed by atoms with Crippen molar-refractivity contribution in [2.24, 2.45) is 0 Å². The van der Waals surface area contributed by atoms with Crippen molar-refractivity contribution in [3.63, 3.8) is 0 Å². The van der Waals surface area contributed by atoms with Crippen molar-refractivity contribution in [3.8, 4) is 5.75 Å². The minimum atomic E-state index is 0.0320. The van der Waals surface area contributed by atoms with Crippen LogP contribution in [0.15, 0.2) is 40.9 Å². The van der Waals surface area contributed by atoms with E-state index in [1.54, 1.807) is 25.3 Å². The summed E-state index contributed by atoms with van der Waals surface area (Å²) in [6, 6.07) is 11.3. The highest BCUT2D eigenvalue weighted by atomic mass is 79.9. The van der Waals surface area contributed by atoms with Gasteiger partial charge in [-0.1, -0.05) is 17.7 Å². The van der Waals surface area contributed by atoms with Gasteiger partial charge < -0.3 is 4.74 Å². The number of halogens is 1. The minimum absolute atomic E-state index is 0.0320. The van der Waals surface area contributed by atoms with Gasteiger partial charge in [-0.25, -0.2) is 0 Å². The van der Waals surface area contributed by atoms with Crippen molar-refractivity contribution in [1.29, 1.82) is 0 Å². The molecule has 2 aromatic carbocycles. The molecule has 0 aliphatic carbocycles. The second-order valence-electron chi connectivity index (χ2n) is 4.50.